The summed E-state index contributed by atoms with van der Waals surface area (Å²) in [4.78, 5) is 4.09. The minimum absolute atomic E-state index is 0.568. The van der Waals surface area contributed by atoms with Crippen LogP contribution in [0.1, 0.15) is 32.3 Å². The molecule has 0 bridgehead atoms. The van der Waals surface area contributed by atoms with Crippen LogP contribution in [0.3, 0.4) is 0 Å². The van der Waals surface area contributed by atoms with E-state index in [-0.39, 0.29) is 0 Å². The van der Waals surface area contributed by atoms with Gasteiger partial charge in [-0.2, -0.15) is 0 Å². The van der Waals surface area contributed by atoms with E-state index in [1.807, 2.05) is 19.3 Å². The molecule has 0 fully saturated rings. The standard InChI is InChI=1S/C14H22N2/c1-4-12(2)14(15-3)9-5-7-13-8-6-10-16-11-13/h5-8,10-12,14-15H,4,9H2,1-3H3/b7-5+. The molecule has 1 aromatic heterocycles. The molecule has 0 spiro atoms. The highest BCUT2D eigenvalue weighted by Crippen LogP contribution is 2.12. The van der Waals surface area contributed by atoms with Gasteiger partial charge in [-0.05, 0) is 31.0 Å². The Morgan fingerprint density at radius 1 is 1.50 bits per heavy atom. The van der Waals surface area contributed by atoms with E-state index in [1.54, 1.807) is 6.20 Å². The predicted octanol–water partition coefficient (Wildman–Crippen LogP) is 3.12. The van der Waals surface area contributed by atoms with E-state index in [0.717, 1.165) is 6.42 Å². The second-order valence-corrected chi connectivity index (χ2v) is 4.21. The summed E-state index contributed by atoms with van der Waals surface area (Å²) >= 11 is 0. The van der Waals surface area contributed by atoms with Crippen molar-refractivity contribution < 1.29 is 0 Å². The summed E-state index contributed by atoms with van der Waals surface area (Å²) < 4.78 is 0. The zero-order valence-electron chi connectivity index (χ0n) is 10.5. The van der Waals surface area contributed by atoms with E-state index >= 15 is 0 Å². The van der Waals surface area contributed by atoms with Crippen molar-refractivity contribution in [3.63, 3.8) is 0 Å². The summed E-state index contributed by atoms with van der Waals surface area (Å²) in [5, 5.41) is 3.37. The Bertz CT molecular complexity index is 306. The van der Waals surface area contributed by atoms with Crippen molar-refractivity contribution in [1.82, 2.24) is 10.3 Å². The van der Waals surface area contributed by atoms with Gasteiger partial charge in [-0.15, -0.1) is 0 Å². The fourth-order valence-corrected chi connectivity index (χ4v) is 1.74. The number of pyridine rings is 1. The molecule has 2 unspecified atom stereocenters. The van der Waals surface area contributed by atoms with Crippen molar-refractivity contribution in [2.45, 2.75) is 32.7 Å². The van der Waals surface area contributed by atoms with Crippen LogP contribution in [0.5, 0.6) is 0 Å². The van der Waals surface area contributed by atoms with E-state index < -0.39 is 0 Å². The maximum Gasteiger partial charge on any atom is 0.0340 e. The summed E-state index contributed by atoms with van der Waals surface area (Å²) in [5.74, 6) is 0.712. The molecular formula is C14H22N2. The van der Waals surface area contributed by atoms with Gasteiger partial charge in [-0.1, -0.05) is 38.5 Å². The zero-order chi connectivity index (χ0) is 11.8. The topological polar surface area (TPSA) is 24.9 Å². The number of rotatable bonds is 6. The monoisotopic (exact) mass is 218 g/mol. The maximum absolute atomic E-state index is 4.09. The van der Waals surface area contributed by atoms with E-state index in [1.165, 1.54) is 12.0 Å². The summed E-state index contributed by atoms with van der Waals surface area (Å²) in [5.41, 5.74) is 1.17. The maximum atomic E-state index is 4.09. The smallest absolute Gasteiger partial charge is 0.0340 e. The molecule has 1 N–H and O–H groups in total. The van der Waals surface area contributed by atoms with Gasteiger partial charge in [0, 0.05) is 18.4 Å². The number of hydrogen-bond donors (Lipinski definition) is 1. The Balaban J connectivity index is 2.46. The molecule has 0 aliphatic carbocycles. The average molecular weight is 218 g/mol. The molecular weight excluding hydrogens is 196 g/mol. The molecule has 0 saturated heterocycles. The number of nitrogens with zero attached hydrogens (tertiary/aromatic N) is 1. The lowest BCUT2D eigenvalue weighted by molar-refractivity contribution is 0.391. The molecule has 0 aliphatic rings. The lowest BCUT2D eigenvalue weighted by Crippen LogP contribution is -2.31. The van der Waals surface area contributed by atoms with Crippen LogP contribution in [-0.2, 0) is 0 Å². The van der Waals surface area contributed by atoms with Crippen LogP contribution in [0.2, 0.25) is 0 Å². The number of hydrogen-bond acceptors (Lipinski definition) is 2. The summed E-state index contributed by atoms with van der Waals surface area (Å²) in [6.45, 7) is 4.53. The van der Waals surface area contributed by atoms with Gasteiger partial charge in [-0.3, -0.25) is 4.98 Å². The largest absolute Gasteiger partial charge is 0.316 e. The molecule has 0 aliphatic heterocycles. The number of aromatic nitrogens is 1. The molecule has 0 amide bonds. The van der Waals surface area contributed by atoms with Crippen LogP contribution >= 0.6 is 0 Å². The highest BCUT2D eigenvalue weighted by Gasteiger charge is 2.10. The van der Waals surface area contributed by atoms with Gasteiger partial charge in [0.15, 0.2) is 0 Å². The molecule has 0 radical (unpaired) electrons. The van der Waals surface area contributed by atoms with Crippen LogP contribution in [0.15, 0.2) is 30.6 Å². The molecule has 2 nitrogen and oxygen atoms in total. The number of nitrogens with one attached hydrogen (secondary N) is 1. The predicted molar refractivity (Wildman–Crippen MR) is 70.2 cm³/mol. The van der Waals surface area contributed by atoms with Crippen molar-refractivity contribution in [2.24, 2.45) is 5.92 Å². The van der Waals surface area contributed by atoms with Crippen molar-refractivity contribution in [1.29, 1.82) is 0 Å². The fourth-order valence-electron chi connectivity index (χ4n) is 1.74. The first-order valence-electron chi connectivity index (χ1n) is 6.01. The van der Waals surface area contributed by atoms with Crippen molar-refractivity contribution in [2.75, 3.05) is 7.05 Å². The molecule has 1 aromatic rings. The van der Waals surface area contributed by atoms with Gasteiger partial charge in [0.05, 0.1) is 0 Å². The summed E-state index contributed by atoms with van der Waals surface area (Å²) in [7, 11) is 2.04. The SMILES string of the molecule is CCC(C)C(C/C=C/c1cccnc1)NC. The molecule has 2 atom stereocenters. The van der Waals surface area contributed by atoms with E-state index in [4.69, 9.17) is 0 Å². The van der Waals surface area contributed by atoms with Gasteiger partial charge < -0.3 is 5.32 Å². The highest BCUT2D eigenvalue weighted by molar-refractivity contribution is 5.47. The van der Waals surface area contributed by atoms with Crippen molar-refractivity contribution in [3.8, 4) is 0 Å². The third-order valence-corrected chi connectivity index (χ3v) is 3.09. The van der Waals surface area contributed by atoms with Crippen molar-refractivity contribution >= 4 is 6.08 Å². The van der Waals surface area contributed by atoms with E-state index in [0.29, 0.717) is 12.0 Å². The van der Waals surface area contributed by atoms with Crippen LogP contribution in [0.25, 0.3) is 6.08 Å². The van der Waals surface area contributed by atoms with Crippen LogP contribution in [-0.4, -0.2) is 18.1 Å². The Morgan fingerprint density at radius 2 is 2.31 bits per heavy atom. The first kappa shape index (κ1) is 12.9. The molecule has 0 aromatic carbocycles. The van der Waals surface area contributed by atoms with Gasteiger partial charge >= 0.3 is 0 Å². The summed E-state index contributed by atoms with van der Waals surface area (Å²) in [6, 6.07) is 4.60. The lowest BCUT2D eigenvalue weighted by atomic mass is 9.96. The zero-order valence-corrected chi connectivity index (χ0v) is 10.5. The van der Waals surface area contributed by atoms with Crippen LogP contribution < -0.4 is 5.32 Å². The fraction of sp³-hybridized carbons (Fsp3) is 0.500. The summed E-state index contributed by atoms with van der Waals surface area (Å²) in [6.07, 6.45) is 10.3. The second kappa shape index (κ2) is 7.18. The van der Waals surface area contributed by atoms with Gasteiger partial charge in [0.2, 0.25) is 0 Å². The lowest BCUT2D eigenvalue weighted by Gasteiger charge is -2.20. The minimum Gasteiger partial charge on any atom is -0.316 e. The molecule has 1 heterocycles. The molecule has 88 valence electrons. The second-order valence-electron chi connectivity index (χ2n) is 4.21. The normalized spacial score (nSPS) is 15.2. The van der Waals surface area contributed by atoms with E-state index in [2.05, 4.69) is 42.4 Å². The molecule has 16 heavy (non-hydrogen) atoms. The Morgan fingerprint density at radius 3 is 2.88 bits per heavy atom. The van der Waals surface area contributed by atoms with Crippen LogP contribution in [0, 0.1) is 5.92 Å². The first-order valence-corrected chi connectivity index (χ1v) is 6.01. The third-order valence-electron chi connectivity index (χ3n) is 3.09. The third kappa shape index (κ3) is 4.15. The van der Waals surface area contributed by atoms with Gasteiger partial charge in [0.25, 0.3) is 0 Å². The minimum atomic E-state index is 0.568. The van der Waals surface area contributed by atoms with Gasteiger partial charge in [-0.25, -0.2) is 0 Å². The van der Waals surface area contributed by atoms with E-state index in [9.17, 15) is 0 Å². The highest BCUT2D eigenvalue weighted by atomic mass is 14.9. The molecule has 0 saturated carbocycles. The Kier molecular flexibility index (Phi) is 5.79. The Hall–Kier alpha value is -1.15. The van der Waals surface area contributed by atoms with Crippen molar-refractivity contribution in [3.05, 3.63) is 36.2 Å². The van der Waals surface area contributed by atoms with Gasteiger partial charge in [0.1, 0.15) is 0 Å². The average Bonchev–Trinajstić information content (AvgIpc) is 2.35. The molecule has 2 heteroatoms. The Labute approximate surface area is 98.8 Å². The van der Waals surface area contributed by atoms with Crippen LogP contribution in [0.4, 0.5) is 0 Å². The molecule has 1 rings (SSSR count). The first-order chi connectivity index (χ1) is 7.77. The quantitative estimate of drug-likeness (QED) is 0.793.